The zero-order valence-electron chi connectivity index (χ0n) is 20.9. The molecule has 2 N–H and O–H groups in total. The number of methoxy groups -OCH3 is 1. The van der Waals surface area contributed by atoms with E-state index in [4.69, 9.17) is 9.47 Å². The summed E-state index contributed by atoms with van der Waals surface area (Å²) in [6.45, 7) is 3.83. The molecule has 0 aliphatic carbocycles. The molecule has 3 unspecified atom stereocenters. The molecule has 2 aromatic carbocycles. The van der Waals surface area contributed by atoms with E-state index in [0.29, 0.717) is 22.6 Å². The zero-order chi connectivity index (χ0) is 27.2. The van der Waals surface area contributed by atoms with E-state index in [-0.39, 0.29) is 17.9 Å². The van der Waals surface area contributed by atoms with Crippen LogP contribution >= 0.6 is 0 Å². The van der Waals surface area contributed by atoms with Crippen molar-refractivity contribution in [1.82, 2.24) is 15.6 Å². The fourth-order valence-electron chi connectivity index (χ4n) is 5.10. The molecule has 1 aromatic heterocycles. The molecule has 0 spiro atoms. The van der Waals surface area contributed by atoms with Crippen LogP contribution in [0.4, 0.5) is 13.2 Å². The summed E-state index contributed by atoms with van der Waals surface area (Å²) in [6.07, 6.45) is -3.71. The largest absolute Gasteiger partial charge is 0.481 e. The van der Waals surface area contributed by atoms with Gasteiger partial charge in [-0.25, -0.2) is 4.98 Å². The highest BCUT2D eigenvalue weighted by molar-refractivity contribution is 6.01. The lowest BCUT2D eigenvalue weighted by molar-refractivity contribution is -0.175. The third-order valence-corrected chi connectivity index (χ3v) is 7.04. The fourth-order valence-corrected chi connectivity index (χ4v) is 5.10. The predicted molar refractivity (Wildman–Crippen MR) is 132 cm³/mol. The van der Waals surface area contributed by atoms with E-state index in [9.17, 15) is 22.8 Å². The Hall–Kier alpha value is -4.08. The number of amides is 2. The molecule has 198 valence electrons. The number of halogens is 3. The Morgan fingerprint density at radius 1 is 1.05 bits per heavy atom. The number of alkyl halides is 3. The van der Waals surface area contributed by atoms with Gasteiger partial charge >= 0.3 is 6.18 Å². The second kappa shape index (κ2) is 9.66. The molecule has 7 nitrogen and oxygen atoms in total. The molecule has 3 atom stereocenters. The zero-order valence-corrected chi connectivity index (χ0v) is 20.9. The monoisotopic (exact) mass is 525 g/mol. The maximum atomic E-state index is 14.0. The molecule has 0 saturated carbocycles. The smallest absolute Gasteiger partial charge is 0.409 e. The van der Waals surface area contributed by atoms with Crippen molar-refractivity contribution in [3.05, 3.63) is 82.5 Å². The number of nitrogens with one attached hydrogen (secondary N) is 2. The Morgan fingerprint density at radius 3 is 2.26 bits per heavy atom. The second-order valence-electron chi connectivity index (χ2n) is 9.68. The molecule has 2 amide bonds. The Bertz CT molecular complexity index is 1360. The maximum Gasteiger partial charge on any atom is 0.409 e. The van der Waals surface area contributed by atoms with Gasteiger partial charge in [0.25, 0.3) is 0 Å². The van der Waals surface area contributed by atoms with Crippen molar-refractivity contribution in [3.63, 3.8) is 0 Å². The number of fused-ring (bicyclic) bond motifs is 2. The van der Waals surface area contributed by atoms with Crippen molar-refractivity contribution in [2.24, 2.45) is 5.92 Å². The highest BCUT2D eigenvalue weighted by Gasteiger charge is 2.52. The predicted octanol–water partition coefficient (Wildman–Crippen LogP) is 4.87. The summed E-state index contributed by atoms with van der Waals surface area (Å²) in [4.78, 5) is 30.4. The number of benzene rings is 2. The minimum Gasteiger partial charge on any atom is -0.481 e. The molecular formula is C28H26F3N3O4. The molecule has 2 aliphatic heterocycles. The van der Waals surface area contributed by atoms with Crippen molar-refractivity contribution in [2.75, 3.05) is 7.11 Å². The van der Waals surface area contributed by atoms with Gasteiger partial charge in [-0.1, -0.05) is 24.3 Å². The van der Waals surface area contributed by atoms with Crippen molar-refractivity contribution < 1.29 is 32.2 Å². The van der Waals surface area contributed by atoms with Crippen LogP contribution in [0.1, 0.15) is 46.2 Å². The standard InChI is InChI=1S/C28H26F3N3O4/c1-14-4-6-17-21(10-14)38-22-11-15(2)5-7-18(22)24(17)33-26(35)20-13-19(16-8-9-32-23(12-16)37-3)25(28(29,30)31)34-27(20)36/h4-12,19-20,24-25H,13H2,1-3H3,(H,33,35)(H,34,36). The van der Waals surface area contributed by atoms with E-state index < -0.39 is 41.9 Å². The maximum absolute atomic E-state index is 14.0. The van der Waals surface area contributed by atoms with Crippen LogP contribution in [0.2, 0.25) is 0 Å². The van der Waals surface area contributed by atoms with Crippen molar-refractivity contribution in [3.8, 4) is 17.4 Å². The summed E-state index contributed by atoms with van der Waals surface area (Å²) in [5.41, 5.74) is 3.58. The molecule has 0 bridgehead atoms. The van der Waals surface area contributed by atoms with E-state index in [0.717, 1.165) is 11.1 Å². The van der Waals surface area contributed by atoms with Gasteiger partial charge in [0.15, 0.2) is 0 Å². The van der Waals surface area contributed by atoms with Crippen LogP contribution in [0.5, 0.6) is 17.4 Å². The van der Waals surface area contributed by atoms with Crippen LogP contribution in [0, 0.1) is 19.8 Å². The van der Waals surface area contributed by atoms with Gasteiger partial charge in [-0.2, -0.15) is 13.2 Å². The van der Waals surface area contributed by atoms with Crippen molar-refractivity contribution >= 4 is 11.8 Å². The first kappa shape index (κ1) is 25.6. The highest BCUT2D eigenvalue weighted by atomic mass is 19.4. The van der Waals surface area contributed by atoms with Crippen LogP contribution in [-0.4, -0.2) is 36.1 Å². The first-order valence-electron chi connectivity index (χ1n) is 12.1. The number of aromatic nitrogens is 1. The number of ether oxygens (including phenoxy) is 2. The highest BCUT2D eigenvalue weighted by Crippen LogP contribution is 2.44. The lowest BCUT2D eigenvalue weighted by atomic mass is 9.79. The van der Waals surface area contributed by atoms with E-state index in [1.54, 1.807) is 0 Å². The molecule has 5 rings (SSSR count). The summed E-state index contributed by atoms with van der Waals surface area (Å²) in [7, 11) is 1.36. The van der Waals surface area contributed by atoms with E-state index in [1.165, 1.54) is 25.4 Å². The molecule has 10 heteroatoms. The Labute approximate surface area is 217 Å². The first-order chi connectivity index (χ1) is 18.0. The van der Waals surface area contributed by atoms with Gasteiger partial charge in [-0.05, 0) is 55.2 Å². The number of rotatable bonds is 4. The van der Waals surface area contributed by atoms with E-state index in [2.05, 4.69) is 15.6 Å². The number of pyridine rings is 1. The molecule has 2 aliphatic rings. The number of hydrogen-bond donors (Lipinski definition) is 2. The molecule has 38 heavy (non-hydrogen) atoms. The van der Waals surface area contributed by atoms with E-state index >= 15 is 0 Å². The van der Waals surface area contributed by atoms with Gasteiger partial charge in [-0.3, -0.25) is 9.59 Å². The number of piperidine rings is 1. The topological polar surface area (TPSA) is 89.5 Å². The average Bonchev–Trinajstić information content (AvgIpc) is 2.87. The lowest BCUT2D eigenvalue weighted by Crippen LogP contribution is -2.58. The molecule has 3 heterocycles. The Morgan fingerprint density at radius 2 is 1.68 bits per heavy atom. The second-order valence-corrected chi connectivity index (χ2v) is 9.68. The minimum atomic E-state index is -4.72. The van der Waals surface area contributed by atoms with Gasteiger partial charge in [0.2, 0.25) is 17.7 Å². The van der Waals surface area contributed by atoms with Crippen LogP contribution in [-0.2, 0) is 9.59 Å². The van der Waals surface area contributed by atoms with Gasteiger partial charge in [-0.15, -0.1) is 0 Å². The Balaban J connectivity index is 1.47. The third-order valence-electron chi connectivity index (χ3n) is 7.04. The summed E-state index contributed by atoms with van der Waals surface area (Å²) in [5, 5.41) is 4.97. The van der Waals surface area contributed by atoms with Gasteiger partial charge in [0, 0.05) is 29.3 Å². The summed E-state index contributed by atoms with van der Waals surface area (Å²) in [5.74, 6) is -2.91. The van der Waals surface area contributed by atoms with Crippen LogP contribution < -0.4 is 20.1 Å². The number of nitrogens with zero attached hydrogens (tertiary/aromatic N) is 1. The molecule has 0 radical (unpaired) electrons. The number of hydrogen-bond acceptors (Lipinski definition) is 5. The number of carbonyl (C=O) groups is 2. The molecule has 1 saturated heterocycles. The molecule has 3 aromatic rings. The SMILES string of the molecule is COc1cc(C2CC(C(=O)NC3c4ccc(C)cc4Oc4cc(C)ccc43)C(=O)NC2C(F)(F)F)ccn1. The van der Waals surface area contributed by atoms with E-state index in [1.807, 2.05) is 50.2 Å². The quantitative estimate of drug-likeness (QED) is 0.475. The summed E-state index contributed by atoms with van der Waals surface area (Å²) < 4.78 is 53.0. The first-order valence-corrected chi connectivity index (χ1v) is 12.1. The average molecular weight is 526 g/mol. The fraction of sp³-hybridized carbons (Fsp3) is 0.321. The molecule has 1 fully saturated rings. The van der Waals surface area contributed by atoms with Crippen LogP contribution in [0.3, 0.4) is 0 Å². The van der Waals surface area contributed by atoms with Gasteiger partial charge in [0.05, 0.1) is 13.2 Å². The van der Waals surface area contributed by atoms with Gasteiger partial charge in [0.1, 0.15) is 23.5 Å². The summed E-state index contributed by atoms with van der Waals surface area (Å²) in [6, 6.07) is 11.2. The third kappa shape index (κ3) is 4.78. The number of carbonyl (C=O) groups excluding carboxylic acids is 2. The number of aryl methyl sites for hydroxylation is 2. The minimum absolute atomic E-state index is 0.141. The van der Waals surface area contributed by atoms with Gasteiger partial charge < -0.3 is 20.1 Å². The molecular weight excluding hydrogens is 499 g/mol. The normalized spacial score (nSPS) is 21.0. The lowest BCUT2D eigenvalue weighted by Gasteiger charge is -2.38. The van der Waals surface area contributed by atoms with Crippen LogP contribution in [0.15, 0.2) is 54.7 Å². The Kier molecular flexibility index (Phi) is 6.50. The van der Waals surface area contributed by atoms with Crippen molar-refractivity contribution in [1.29, 1.82) is 0 Å². The van der Waals surface area contributed by atoms with Crippen molar-refractivity contribution in [2.45, 2.75) is 44.4 Å². The summed E-state index contributed by atoms with van der Waals surface area (Å²) >= 11 is 0. The van der Waals surface area contributed by atoms with Crippen LogP contribution in [0.25, 0.3) is 0 Å².